The van der Waals surface area contributed by atoms with Gasteiger partial charge in [0.15, 0.2) is 0 Å². The van der Waals surface area contributed by atoms with Crippen molar-refractivity contribution in [3.8, 4) is 0 Å². The topological polar surface area (TPSA) is 71.0 Å². The highest BCUT2D eigenvalue weighted by Gasteiger charge is 2.26. The zero-order valence-electron chi connectivity index (χ0n) is 14.2. The summed E-state index contributed by atoms with van der Waals surface area (Å²) in [4.78, 5) is 27.7. The molecule has 0 radical (unpaired) electrons. The standard InChI is InChI=1S/C18H23N5O/c1-13-5-6-17(21-8-13)22-18(24)15-4-3-7-23(11-15)12-16-10-19-14(2)9-20-16/h5-6,8-10,15H,3-4,7,11-12H2,1-2H3,(H,21,22,24)/t15-/m0/s1. The Labute approximate surface area is 142 Å². The lowest BCUT2D eigenvalue weighted by Gasteiger charge is -2.31. The van der Waals surface area contributed by atoms with Gasteiger partial charge in [-0.05, 0) is 44.9 Å². The molecule has 1 amide bonds. The van der Waals surface area contributed by atoms with Gasteiger partial charge in [-0.3, -0.25) is 19.7 Å². The van der Waals surface area contributed by atoms with Crippen LogP contribution in [0.5, 0.6) is 0 Å². The lowest BCUT2D eigenvalue weighted by Crippen LogP contribution is -2.40. The number of hydrogen-bond acceptors (Lipinski definition) is 5. The fraction of sp³-hybridized carbons (Fsp3) is 0.444. The summed E-state index contributed by atoms with van der Waals surface area (Å²) in [5.41, 5.74) is 2.94. The van der Waals surface area contributed by atoms with E-state index >= 15 is 0 Å². The van der Waals surface area contributed by atoms with Gasteiger partial charge in [-0.25, -0.2) is 4.98 Å². The summed E-state index contributed by atoms with van der Waals surface area (Å²) in [6.07, 6.45) is 7.28. The number of nitrogens with zero attached hydrogens (tertiary/aromatic N) is 4. The molecule has 3 rings (SSSR count). The molecule has 0 bridgehead atoms. The van der Waals surface area contributed by atoms with Gasteiger partial charge in [-0.1, -0.05) is 6.07 Å². The van der Waals surface area contributed by atoms with E-state index in [4.69, 9.17) is 0 Å². The molecule has 1 N–H and O–H groups in total. The fourth-order valence-electron chi connectivity index (χ4n) is 2.91. The van der Waals surface area contributed by atoms with Crippen molar-refractivity contribution in [3.05, 3.63) is 47.7 Å². The Hall–Kier alpha value is -2.34. The lowest BCUT2D eigenvalue weighted by molar-refractivity contribution is -0.121. The van der Waals surface area contributed by atoms with Gasteiger partial charge in [0.05, 0.1) is 17.3 Å². The van der Waals surface area contributed by atoms with Crippen LogP contribution in [0, 0.1) is 19.8 Å². The number of carbonyl (C=O) groups is 1. The second-order valence-corrected chi connectivity index (χ2v) is 6.43. The van der Waals surface area contributed by atoms with Gasteiger partial charge in [0, 0.05) is 31.7 Å². The van der Waals surface area contributed by atoms with Gasteiger partial charge < -0.3 is 5.32 Å². The average molecular weight is 325 g/mol. The highest BCUT2D eigenvalue weighted by atomic mass is 16.2. The fourth-order valence-corrected chi connectivity index (χ4v) is 2.91. The van der Waals surface area contributed by atoms with Crippen molar-refractivity contribution in [1.82, 2.24) is 19.9 Å². The number of aromatic nitrogens is 3. The minimum atomic E-state index is -0.0136. The van der Waals surface area contributed by atoms with Gasteiger partial charge in [-0.2, -0.15) is 0 Å². The summed E-state index contributed by atoms with van der Waals surface area (Å²) < 4.78 is 0. The molecule has 0 aromatic carbocycles. The number of aryl methyl sites for hydroxylation is 2. The average Bonchev–Trinajstić information content (AvgIpc) is 2.59. The Morgan fingerprint density at radius 1 is 1.21 bits per heavy atom. The van der Waals surface area contributed by atoms with Crippen LogP contribution in [0.1, 0.15) is 29.8 Å². The summed E-state index contributed by atoms with van der Waals surface area (Å²) in [5.74, 6) is 0.651. The molecule has 1 aliphatic rings. The Kier molecular flexibility index (Phi) is 5.15. The lowest BCUT2D eigenvalue weighted by atomic mass is 9.97. The third-order valence-corrected chi connectivity index (χ3v) is 4.26. The molecule has 1 fully saturated rings. The molecule has 126 valence electrons. The van der Waals surface area contributed by atoms with Crippen molar-refractivity contribution in [2.75, 3.05) is 18.4 Å². The molecule has 0 saturated carbocycles. The van der Waals surface area contributed by atoms with E-state index in [1.165, 1.54) is 0 Å². The van der Waals surface area contributed by atoms with Crippen LogP contribution < -0.4 is 5.32 Å². The molecule has 6 heteroatoms. The van der Waals surface area contributed by atoms with E-state index in [2.05, 4.69) is 25.2 Å². The predicted molar refractivity (Wildman–Crippen MR) is 92.4 cm³/mol. The molecule has 2 aromatic heterocycles. The number of nitrogens with one attached hydrogen (secondary N) is 1. The molecule has 0 spiro atoms. The van der Waals surface area contributed by atoms with E-state index in [1.54, 1.807) is 12.4 Å². The zero-order chi connectivity index (χ0) is 16.9. The van der Waals surface area contributed by atoms with E-state index < -0.39 is 0 Å². The van der Waals surface area contributed by atoms with E-state index in [0.717, 1.165) is 49.4 Å². The molecule has 2 aromatic rings. The number of pyridine rings is 1. The van der Waals surface area contributed by atoms with Crippen molar-refractivity contribution >= 4 is 11.7 Å². The Bertz CT molecular complexity index is 684. The predicted octanol–water partition coefficient (Wildman–Crippen LogP) is 2.34. The van der Waals surface area contributed by atoms with Crippen LogP contribution in [-0.2, 0) is 11.3 Å². The highest BCUT2D eigenvalue weighted by molar-refractivity contribution is 5.91. The molecular formula is C18H23N5O. The van der Waals surface area contributed by atoms with Crippen LogP contribution in [0.3, 0.4) is 0 Å². The summed E-state index contributed by atoms with van der Waals surface area (Å²) in [6.45, 7) is 6.37. The van der Waals surface area contributed by atoms with E-state index in [0.29, 0.717) is 5.82 Å². The van der Waals surface area contributed by atoms with Crippen LogP contribution in [0.4, 0.5) is 5.82 Å². The SMILES string of the molecule is Cc1ccc(NC(=O)[C@H]2CCCN(Cc3cnc(C)cn3)C2)nc1. The van der Waals surface area contributed by atoms with Crippen LogP contribution in [0.2, 0.25) is 0 Å². The van der Waals surface area contributed by atoms with Crippen LogP contribution >= 0.6 is 0 Å². The second kappa shape index (κ2) is 7.49. The molecule has 1 aliphatic heterocycles. The number of likely N-dealkylation sites (tertiary alicyclic amines) is 1. The van der Waals surface area contributed by atoms with Crippen LogP contribution in [-0.4, -0.2) is 38.8 Å². The van der Waals surface area contributed by atoms with Crippen molar-refractivity contribution in [3.63, 3.8) is 0 Å². The van der Waals surface area contributed by atoms with Crippen LogP contribution in [0.25, 0.3) is 0 Å². The molecule has 1 atom stereocenters. The van der Waals surface area contributed by atoms with Gasteiger partial charge in [0.1, 0.15) is 5.82 Å². The number of piperidine rings is 1. The summed E-state index contributed by atoms with van der Waals surface area (Å²) >= 11 is 0. The maximum absolute atomic E-state index is 12.5. The molecule has 24 heavy (non-hydrogen) atoms. The van der Waals surface area contributed by atoms with E-state index in [1.807, 2.05) is 32.2 Å². The second-order valence-electron chi connectivity index (χ2n) is 6.43. The zero-order valence-corrected chi connectivity index (χ0v) is 14.2. The summed E-state index contributed by atoms with van der Waals surface area (Å²) in [7, 11) is 0. The number of anilines is 1. The van der Waals surface area contributed by atoms with Gasteiger partial charge in [-0.15, -0.1) is 0 Å². The maximum Gasteiger partial charge on any atom is 0.229 e. The third-order valence-electron chi connectivity index (χ3n) is 4.26. The van der Waals surface area contributed by atoms with Gasteiger partial charge in [0.2, 0.25) is 5.91 Å². The van der Waals surface area contributed by atoms with E-state index in [9.17, 15) is 4.79 Å². The minimum absolute atomic E-state index is 0.0136. The van der Waals surface area contributed by atoms with Crippen molar-refractivity contribution in [1.29, 1.82) is 0 Å². The highest BCUT2D eigenvalue weighted by Crippen LogP contribution is 2.19. The number of rotatable bonds is 4. The molecule has 0 aliphatic carbocycles. The van der Waals surface area contributed by atoms with Gasteiger partial charge in [0.25, 0.3) is 0 Å². The van der Waals surface area contributed by atoms with E-state index in [-0.39, 0.29) is 11.8 Å². The molecule has 6 nitrogen and oxygen atoms in total. The Morgan fingerprint density at radius 2 is 2.08 bits per heavy atom. The van der Waals surface area contributed by atoms with Gasteiger partial charge >= 0.3 is 0 Å². The largest absolute Gasteiger partial charge is 0.310 e. The Balaban J connectivity index is 1.57. The number of hydrogen-bond donors (Lipinski definition) is 1. The molecule has 1 saturated heterocycles. The first-order valence-electron chi connectivity index (χ1n) is 8.33. The molecule has 0 unspecified atom stereocenters. The summed E-state index contributed by atoms with van der Waals surface area (Å²) in [5, 5.41) is 2.93. The maximum atomic E-state index is 12.5. The summed E-state index contributed by atoms with van der Waals surface area (Å²) in [6, 6.07) is 3.79. The number of amides is 1. The smallest absolute Gasteiger partial charge is 0.229 e. The van der Waals surface area contributed by atoms with Crippen molar-refractivity contribution < 1.29 is 4.79 Å². The molecular weight excluding hydrogens is 302 g/mol. The van der Waals surface area contributed by atoms with Crippen LogP contribution in [0.15, 0.2) is 30.7 Å². The normalized spacial score (nSPS) is 18.3. The Morgan fingerprint density at radius 3 is 2.79 bits per heavy atom. The molecule has 3 heterocycles. The minimum Gasteiger partial charge on any atom is -0.310 e. The first-order chi connectivity index (χ1) is 11.6. The monoisotopic (exact) mass is 325 g/mol. The first kappa shape index (κ1) is 16.5. The van der Waals surface area contributed by atoms with Crippen molar-refractivity contribution in [2.24, 2.45) is 5.92 Å². The number of carbonyl (C=O) groups excluding carboxylic acids is 1. The van der Waals surface area contributed by atoms with Crippen molar-refractivity contribution in [2.45, 2.75) is 33.2 Å². The third kappa shape index (κ3) is 4.35. The first-order valence-corrected chi connectivity index (χ1v) is 8.33. The quantitative estimate of drug-likeness (QED) is 0.934.